The van der Waals surface area contributed by atoms with Crippen LogP contribution in [0.25, 0.3) is 0 Å². The summed E-state index contributed by atoms with van der Waals surface area (Å²) in [5.41, 5.74) is 0.593. The third kappa shape index (κ3) is 2.48. The second kappa shape index (κ2) is 4.13. The molecule has 0 bridgehead atoms. The van der Waals surface area contributed by atoms with Crippen molar-refractivity contribution in [2.75, 3.05) is 5.32 Å². The molecule has 14 heavy (non-hydrogen) atoms. The lowest BCUT2D eigenvalue weighted by molar-refractivity contribution is -0.126. The summed E-state index contributed by atoms with van der Waals surface area (Å²) in [6.07, 6.45) is -3.10. The van der Waals surface area contributed by atoms with Gasteiger partial charge in [0.2, 0.25) is 0 Å². The van der Waals surface area contributed by atoms with Gasteiger partial charge in [0.1, 0.15) is 5.82 Å². The number of rotatable bonds is 2. The van der Waals surface area contributed by atoms with Gasteiger partial charge < -0.3 is 5.32 Å². The smallest absolute Gasteiger partial charge is 0.315 e. The number of amides is 1. The first-order valence-corrected chi connectivity index (χ1v) is 3.86. The van der Waals surface area contributed by atoms with Gasteiger partial charge in [-0.25, -0.2) is 4.39 Å². The fourth-order valence-corrected chi connectivity index (χ4v) is 0.916. The van der Waals surface area contributed by atoms with E-state index in [0.29, 0.717) is 5.56 Å². The molecule has 0 saturated heterocycles. The van der Waals surface area contributed by atoms with Gasteiger partial charge in [0.05, 0.1) is 0 Å². The predicted octanol–water partition coefficient (Wildman–Crippen LogP) is 2.34. The number of hydrogen-bond acceptors (Lipinski definition) is 1. The van der Waals surface area contributed by atoms with E-state index in [1.165, 1.54) is 12.1 Å². The lowest BCUT2D eigenvalue weighted by Crippen LogP contribution is -2.20. The first-order valence-electron chi connectivity index (χ1n) is 3.86. The molecule has 5 heteroatoms. The highest BCUT2D eigenvalue weighted by atomic mass is 19.3. The Balaban J connectivity index is 2.86. The Morgan fingerprint density at radius 3 is 2.64 bits per heavy atom. The number of carbonyl (C=O) groups is 1. The molecule has 1 aromatic carbocycles. The van der Waals surface area contributed by atoms with Crippen LogP contribution in [0.1, 0.15) is 5.56 Å². The molecule has 0 radical (unpaired) electrons. The Labute approximate surface area is 78.7 Å². The third-order valence-corrected chi connectivity index (χ3v) is 1.66. The lowest BCUT2D eigenvalue weighted by atomic mass is 10.2. The molecule has 0 fully saturated rings. The molecule has 0 atom stereocenters. The summed E-state index contributed by atoms with van der Waals surface area (Å²) in [5, 5.41) is 1.92. The van der Waals surface area contributed by atoms with E-state index in [1.54, 1.807) is 6.92 Å². The Morgan fingerprint density at radius 1 is 1.43 bits per heavy atom. The Morgan fingerprint density at radius 2 is 2.07 bits per heavy atom. The highest BCUT2D eigenvalue weighted by Gasteiger charge is 2.15. The van der Waals surface area contributed by atoms with Gasteiger partial charge in [0.25, 0.3) is 5.91 Å². The minimum absolute atomic E-state index is 0.0651. The second-order valence-electron chi connectivity index (χ2n) is 2.75. The first-order chi connectivity index (χ1) is 6.50. The molecule has 0 heterocycles. The molecule has 0 saturated carbocycles. The largest absolute Gasteiger partial charge is 0.321 e. The zero-order valence-electron chi connectivity index (χ0n) is 7.35. The van der Waals surface area contributed by atoms with Crippen molar-refractivity contribution in [3.63, 3.8) is 0 Å². The van der Waals surface area contributed by atoms with E-state index >= 15 is 0 Å². The Bertz CT molecular complexity index is 352. The molecular weight excluding hydrogens is 195 g/mol. The highest BCUT2D eigenvalue weighted by Crippen LogP contribution is 2.16. The van der Waals surface area contributed by atoms with E-state index in [4.69, 9.17) is 0 Å². The topological polar surface area (TPSA) is 29.1 Å². The third-order valence-electron chi connectivity index (χ3n) is 1.66. The quantitative estimate of drug-likeness (QED) is 0.785. The summed E-state index contributed by atoms with van der Waals surface area (Å²) < 4.78 is 36.3. The molecule has 1 rings (SSSR count). The fraction of sp³-hybridized carbons (Fsp3) is 0.222. The molecule has 0 unspecified atom stereocenters. The zero-order valence-corrected chi connectivity index (χ0v) is 7.35. The van der Waals surface area contributed by atoms with Gasteiger partial charge in [-0.05, 0) is 24.6 Å². The van der Waals surface area contributed by atoms with Crippen molar-refractivity contribution in [1.29, 1.82) is 0 Å². The van der Waals surface area contributed by atoms with Crippen molar-refractivity contribution < 1.29 is 18.0 Å². The SMILES string of the molecule is Cc1ccc(F)cc1NC(=O)C(F)F. The monoisotopic (exact) mass is 203 g/mol. The van der Waals surface area contributed by atoms with Gasteiger partial charge in [-0.2, -0.15) is 8.78 Å². The van der Waals surface area contributed by atoms with Crippen LogP contribution in [0.4, 0.5) is 18.9 Å². The molecule has 0 aliphatic carbocycles. The van der Waals surface area contributed by atoms with Crippen LogP contribution < -0.4 is 5.32 Å². The zero-order chi connectivity index (χ0) is 10.7. The van der Waals surface area contributed by atoms with E-state index in [2.05, 4.69) is 0 Å². The van der Waals surface area contributed by atoms with E-state index in [9.17, 15) is 18.0 Å². The molecule has 1 amide bonds. The minimum Gasteiger partial charge on any atom is -0.321 e. The van der Waals surface area contributed by atoms with Crippen molar-refractivity contribution in [2.45, 2.75) is 13.3 Å². The van der Waals surface area contributed by atoms with E-state index < -0.39 is 18.1 Å². The number of halogens is 3. The minimum atomic E-state index is -3.10. The number of hydrogen-bond donors (Lipinski definition) is 1. The van der Waals surface area contributed by atoms with Gasteiger partial charge in [0.15, 0.2) is 0 Å². The van der Waals surface area contributed by atoms with Crippen LogP contribution >= 0.6 is 0 Å². The Hall–Kier alpha value is -1.52. The van der Waals surface area contributed by atoms with Gasteiger partial charge in [-0.3, -0.25) is 4.79 Å². The molecule has 1 aromatic rings. The van der Waals surface area contributed by atoms with Crippen LogP contribution in [0.2, 0.25) is 0 Å². The maximum absolute atomic E-state index is 12.7. The van der Waals surface area contributed by atoms with Crippen molar-refractivity contribution in [1.82, 2.24) is 0 Å². The average Bonchev–Trinajstić information content (AvgIpc) is 2.11. The van der Waals surface area contributed by atoms with E-state index in [-0.39, 0.29) is 5.69 Å². The normalized spacial score (nSPS) is 10.4. The number of carbonyl (C=O) groups excluding carboxylic acids is 1. The second-order valence-corrected chi connectivity index (χ2v) is 2.75. The van der Waals surface area contributed by atoms with Crippen molar-refractivity contribution in [2.24, 2.45) is 0 Å². The molecule has 0 aliphatic heterocycles. The Kier molecular flexibility index (Phi) is 3.11. The number of nitrogens with one attached hydrogen (secondary N) is 1. The van der Waals surface area contributed by atoms with Crippen LogP contribution in [-0.2, 0) is 4.79 Å². The highest BCUT2D eigenvalue weighted by molar-refractivity contribution is 5.93. The number of aryl methyl sites for hydroxylation is 1. The molecule has 0 aliphatic rings. The van der Waals surface area contributed by atoms with Crippen LogP contribution in [0, 0.1) is 12.7 Å². The van der Waals surface area contributed by atoms with Gasteiger partial charge in [-0.15, -0.1) is 0 Å². The van der Waals surface area contributed by atoms with E-state index in [1.807, 2.05) is 5.32 Å². The van der Waals surface area contributed by atoms with Crippen LogP contribution in [0.5, 0.6) is 0 Å². The summed E-state index contributed by atoms with van der Waals surface area (Å²) in [5.74, 6) is -2.01. The van der Waals surface area contributed by atoms with Crippen molar-refractivity contribution in [3.8, 4) is 0 Å². The molecular formula is C9H8F3NO. The summed E-state index contributed by atoms with van der Waals surface area (Å²) in [6, 6.07) is 3.58. The van der Waals surface area contributed by atoms with Gasteiger partial charge in [0, 0.05) is 5.69 Å². The van der Waals surface area contributed by atoms with Crippen molar-refractivity contribution in [3.05, 3.63) is 29.6 Å². The summed E-state index contributed by atoms with van der Waals surface area (Å²) in [6.45, 7) is 1.58. The summed E-state index contributed by atoms with van der Waals surface area (Å²) in [4.78, 5) is 10.6. The van der Waals surface area contributed by atoms with Gasteiger partial charge >= 0.3 is 6.43 Å². The van der Waals surface area contributed by atoms with E-state index in [0.717, 1.165) is 6.07 Å². The van der Waals surface area contributed by atoms with Crippen LogP contribution in [0.3, 0.4) is 0 Å². The standard InChI is InChI=1S/C9H8F3NO/c1-5-2-3-6(10)4-7(5)13-9(14)8(11)12/h2-4,8H,1H3,(H,13,14). The average molecular weight is 203 g/mol. The van der Waals surface area contributed by atoms with Crippen LogP contribution in [-0.4, -0.2) is 12.3 Å². The molecule has 0 aromatic heterocycles. The molecule has 2 nitrogen and oxygen atoms in total. The predicted molar refractivity (Wildman–Crippen MR) is 45.8 cm³/mol. The molecule has 1 N–H and O–H groups in total. The summed E-state index contributed by atoms with van der Waals surface area (Å²) >= 11 is 0. The molecule has 76 valence electrons. The lowest BCUT2D eigenvalue weighted by Gasteiger charge is -2.07. The number of benzene rings is 1. The summed E-state index contributed by atoms with van der Waals surface area (Å²) in [7, 11) is 0. The fourth-order valence-electron chi connectivity index (χ4n) is 0.916. The van der Waals surface area contributed by atoms with Crippen LogP contribution in [0.15, 0.2) is 18.2 Å². The molecule has 0 spiro atoms. The first kappa shape index (κ1) is 10.6. The number of alkyl halides is 2. The van der Waals surface area contributed by atoms with Crippen molar-refractivity contribution >= 4 is 11.6 Å². The number of anilines is 1. The van der Waals surface area contributed by atoms with Gasteiger partial charge in [-0.1, -0.05) is 6.07 Å². The maximum Gasteiger partial charge on any atom is 0.315 e. The maximum atomic E-state index is 12.7.